The number of nitrogens with one attached hydrogen (secondary N) is 1. The van der Waals surface area contributed by atoms with Gasteiger partial charge in [-0.1, -0.05) is 22.0 Å². The molecule has 6 heteroatoms. The van der Waals surface area contributed by atoms with E-state index in [0.717, 1.165) is 4.47 Å². The van der Waals surface area contributed by atoms with Crippen LogP contribution in [0.3, 0.4) is 0 Å². The maximum atomic E-state index is 11.6. The van der Waals surface area contributed by atoms with Crippen molar-refractivity contribution in [2.75, 3.05) is 6.54 Å². The number of halogens is 1. The first-order chi connectivity index (χ1) is 8.00. The number of aliphatic hydroxyl groups excluding tert-OH is 1. The molecule has 92 valence electrons. The third-order valence-electron chi connectivity index (χ3n) is 2.08. The molecule has 0 aromatic heterocycles. The highest BCUT2D eigenvalue weighted by atomic mass is 79.9. The summed E-state index contributed by atoms with van der Waals surface area (Å²) in [6, 6.07) is 6.83. The van der Waals surface area contributed by atoms with Gasteiger partial charge in [-0.15, -0.1) is 0 Å². The van der Waals surface area contributed by atoms with Gasteiger partial charge in [0.25, 0.3) is 5.91 Å². The van der Waals surface area contributed by atoms with E-state index < -0.39 is 12.1 Å². The Morgan fingerprint density at radius 3 is 2.71 bits per heavy atom. The van der Waals surface area contributed by atoms with Crippen molar-refractivity contribution in [1.29, 1.82) is 0 Å². The molecular formula is C11H12BrNO4. The number of carboxylic acids is 1. The Labute approximate surface area is 107 Å². The van der Waals surface area contributed by atoms with Crippen LogP contribution in [0.2, 0.25) is 0 Å². The summed E-state index contributed by atoms with van der Waals surface area (Å²) in [4.78, 5) is 21.9. The Morgan fingerprint density at radius 1 is 1.41 bits per heavy atom. The smallest absolute Gasteiger partial charge is 0.332 e. The van der Waals surface area contributed by atoms with Gasteiger partial charge in [-0.05, 0) is 18.2 Å². The molecule has 0 aliphatic carbocycles. The van der Waals surface area contributed by atoms with Gasteiger partial charge < -0.3 is 15.5 Å². The Bertz CT molecular complexity index is 422. The normalized spacial score (nSPS) is 11.9. The number of hydrogen-bond acceptors (Lipinski definition) is 3. The van der Waals surface area contributed by atoms with Crippen LogP contribution in [0.15, 0.2) is 28.7 Å². The average molecular weight is 302 g/mol. The molecule has 0 radical (unpaired) electrons. The zero-order valence-corrected chi connectivity index (χ0v) is 10.5. The standard InChI is InChI=1S/C11H12BrNO4/c12-8-3-1-2-7(6-8)10(15)13-5-4-9(14)11(16)17/h1-3,6,9,14H,4-5H2,(H,13,15)(H,16,17). The van der Waals surface area contributed by atoms with Gasteiger partial charge >= 0.3 is 5.97 Å². The summed E-state index contributed by atoms with van der Waals surface area (Å²) in [7, 11) is 0. The van der Waals surface area contributed by atoms with Crippen molar-refractivity contribution in [3.8, 4) is 0 Å². The second-order valence-electron chi connectivity index (χ2n) is 3.41. The second kappa shape index (κ2) is 6.36. The molecule has 0 saturated heterocycles. The lowest BCUT2D eigenvalue weighted by Crippen LogP contribution is -2.30. The Balaban J connectivity index is 2.43. The topological polar surface area (TPSA) is 86.6 Å². The lowest BCUT2D eigenvalue weighted by molar-refractivity contribution is -0.146. The Morgan fingerprint density at radius 2 is 2.12 bits per heavy atom. The number of amides is 1. The average Bonchev–Trinajstić information content (AvgIpc) is 2.28. The molecule has 3 N–H and O–H groups in total. The molecule has 0 aliphatic heterocycles. The van der Waals surface area contributed by atoms with Crippen LogP contribution < -0.4 is 5.32 Å². The second-order valence-corrected chi connectivity index (χ2v) is 4.32. The third kappa shape index (κ3) is 4.54. The number of rotatable bonds is 5. The Kier molecular flexibility index (Phi) is 5.11. The molecule has 0 spiro atoms. The molecule has 17 heavy (non-hydrogen) atoms. The maximum Gasteiger partial charge on any atom is 0.332 e. The van der Waals surface area contributed by atoms with Crippen LogP contribution in [0.1, 0.15) is 16.8 Å². The number of benzene rings is 1. The fourth-order valence-electron chi connectivity index (χ4n) is 1.18. The summed E-state index contributed by atoms with van der Waals surface area (Å²) in [5.41, 5.74) is 0.476. The fraction of sp³-hybridized carbons (Fsp3) is 0.273. The van der Waals surface area contributed by atoms with Gasteiger partial charge in [0.05, 0.1) is 0 Å². The summed E-state index contributed by atoms with van der Waals surface area (Å²) >= 11 is 3.24. The zero-order chi connectivity index (χ0) is 12.8. The molecular weight excluding hydrogens is 290 g/mol. The lowest BCUT2D eigenvalue weighted by Gasteiger charge is -2.07. The highest BCUT2D eigenvalue weighted by Gasteiger charge is 2.13. The van der Waals surface area contributed by atoms with Crippen molar-refractivity contribution in [1.82, 2.24) is 5.32 Å². The first-order valence-electron chi connectivity index (χ1n) is 4.95. The molecule has 0 aliphatic rings. The van der Waals surface area contributed by atoms with Gasteiger partial charge in [-0.25, -0.2) is 4.79 Å². The number of aliphatic hydroxyl groups is 1. The first kappa shape index (κ1) is 13.7. The van der Waals surface area contributed by atoms with E-state index in [-0.39, 0.29) is 18.9 Å². The van der Waals surface area contributed by atoms with Crippen LogP contribution in [0, 0.1) is 0 Å². The quantitative estimate of drug-likeness (QED) is 0.758. The van der Waals surface area contributed by atoms with Crippen molar-refractivity contribution in [3.05, 3.63) is 34.3 Å². The SMILES string of the molecule is O=C(NCCC(O)C(=O)O)c1cccc(Br)c1. The number of hydrogen-bond donors (Lipinski definition) is 3. The van der Waals surface area contributed by atoms with E-state index in [4.69, 9.17) is 10.2 Å². The summed E-state index contributed by atoms with van der Waals surface area (Å²) in [5.74, 6) is -1.59. The van der Waals surface area contributed by atoms with E-state index >= 15 is 0 Å². The minimum absolute atomic E-state index is 0.0188. The molecule has 1 aromatic rings. The largest absolute Gasteiger partial charge is 0.479 e. The van der Waals surface area contributed by atoms with Gasteiger partial charge in [0, 0.05) is 23.0 Å². The number of carboxylic acid groups (broad SMARTS) is 1. The highest BCUT2D eigenvalue weighted by Crippen LogP contribution is 2.11. The molecule has 0 fully saturated rings. The third-order valence-corrected chi connectivity index (χ3v) is 2.57. The van der Waals surface area contributed by atoms with Crippen LogP contribution in [0.4, 0.5) is 0 Å². The van der Waals surface area contributed by atoms with Gasteiger partial charge in [-0.2, -0.15) is 0 Å². The summed E-state index contributed by atoms with van der Waals surface area (Å²) in [5, 5.41) is 20.0. The van der Waals surface area contributed by atoms with Crippen molar-refractivity contribution in [3.63, 3.8) is 0 Å². The van der Waals surface area contributed by atoms with E-state index in [9.17, 15) is 9.59 Å². The van der Waals surface area contributed by atoms with E-state index in [0.29, 0.717) is 5.56 Å². The first-order valence-corrected chi connectivity index (χ1v) is 5.74. The monoisotopic (exact) mass is 301 g/mol. The number of carbonyl (C=O) groups excluding carboxylic acids is 1. The van der Waals surface area contributed by atoms with Gasteiger partial charge in [0.15, 0.2) is 6.10 Å². The van der Waals surface area contributed by atoms with Crippen molar-refractivity contribution in [2.45, 2.75) is 12.5 Å². The van der Waals surface area contributed by atoms with Gasteiger partial charge in [0.1, 0.15) is 0 Å². The summed E-state index contributed by atoms with van der Waals surface area (Å²) < 4.78 is 0.788. The van der Waals surface area contributed by atoms with E-state index in [2.05, 4.69) is 21.2 Å². The van der Waals surface area contributed by atoms with E-state index in [1.54, 1.807) is 24.3 Å². The minimum Gasteiger partial charge on any atom is -0.479 e. The molecule has 1 amide bonds. The molecule has 1 rings (SSSR count). The zero-order valence-electron chi connectivity index (χ0n) is 8.89. The van der Waals surface area contributed by atoms with E-state index in [1.165, 1.54) is 0 Å². The number of aliphatic carboxylic acids is 1. The molecule has 0 bridgehead atoms. The minimum atomic E-state index is -1.45. The summed E-state index contributed by atoms with van der Waals surface area (Å²) in [6.45, 7) is 0.110. The van der Waals surface area contributed by atoms with Crippen LogP contribution in [-0.4, -0.2) is 34.7 Å². The Hall–Kier alpha value is -1.40. The predicted molar refractivity (Wildman–Crippen MR) is 64.7 cm³/mol. The molecule has 5 nitrogen and oxygen atoms in total. The van der Waals surface area contributed by atoms with Crippen molar-refractivity contribution < 1.29 is 19.8 Å². The van der Waals surface area contributed by atoms with Crippen LogP contribution in [0.5, 0.6) is 0 Å². The number of carbonyl (C=O) groups is 2. The fourth-order valence-corrected chi connectivity index (χ4v) is 1.58. The molecule has 1 atom stereocenters. The van der Waals surface area contributed by atoms with Crippen LogP contribution >= 0.6 is 15.9 Å². The predicted octanol–water partition coefficient (Wildman–Crippen LogP) is 1.01. The summed E-state index contributed by atoms with van der Waals surface area (Å²) in [6.07, 6.45) is -1.47. The van der Waals surface area contributed by atoms with E-state index in [1.807, 2.05) is 0 Å². The molecule has 1 unspecified atom stereocenters. The van der Waals surface area contributed by atoms with Crippen molar-refractivity contribution >= 4 is 27.8 Å². The molecule has 0 saturated carbocycles. The molecule has 1 aromatic carbocycles. The van der Waals surface area contributed by atoms with Gasteiger partial charge in [-0.3, -0.25) is 4.79 Å². The highest BCUT2D eigenvalue weighted by molar-refractivity contribution is 9.10. The van der Waals surface area contributed by atoms with Crippen LogP contribution in [-0.2, 0) is 4.79 Å². The van der Waals surface area contributed by atoms with Crippen LogP contribution in [0.25, 0.3) is 0 Å². The van der Waals surface area contributed by atoms with Gasteiger partial charge in [0.2, 0.25) is 0 Å². The lowest BCUT2D eigenvalue weighted by atomic mass is 10.2. The van der Waals surface area contributed by atoms with Crippen molar-refractivity contribution in [2.24, 2.45) is 0 Å². The maximum absolute atomic E-state index is 11.6. The molecule has 0 heterocycles.